The van der Waals surface area contributed by atoms with E-state index in [1.54, 1.807) is 20.4 Å². The van der Waals surface area contributed by atoms with Crippen LogP contribution in [-0.2, 0) is 0 Å². The van der Waals surface area contributed by atoms with Crippen molar-refractivity contribution in [3.8, 4) is 11.5 Å². The van der Waals surface area contributed by atoms with Crippen molar-refractivity contribution in [1.82, 2.24) is 15.2 Å². The lowest BCUT2D eigenvalue weighted by molar-refractivity contribution is 0.397. The Morgan fingerprint density at radius 1 is 1.08 bits per heavy atom. The van der Waals surface area contributed by atoms with E-state index in [-0.39, 0.29) is 0 Å². The molecule has 0 spiro atoms. The molecule has 0 atom stereocenters. The molecule has 6 nitrogen and oxygen atoms in total. The molecule has 1 radical (unpaired) electrons. The van der Waals surface area contributed by atoms with Gasteiger partial charge in [-0.3, -0.25) is 5.10 Å². The van der Waals surface area contributed by atoms with Crippen molar-refractivity contribution in [2.24, 2.45) is 0 Å². The van der Waals surface area contributed by atoms with Crippen LogP contribution >= 0.6 is 0 Å². The number of rotatable bonds is 4. The molecule has 24 heavy (non-hydrogen) atoms. The Bertz CT molecular complexity index is 1010. The van der Waals surface area contributed by atoms with Gasteiger partial charge in [0.1, 0.15) is 22.5 Å². The van der Waals surface area contributed by atoms with E-state index in [0.717, 1.165) is 27.5 Å². The van der Waals surface area contributed by atoms with Crippen molar-refractivity contribution >= 4 is 33.3 Å². The average Bonchev–Trinajstić information content (AvgIpc) is 3.12. The minimum absolute atomic E-state index is 0.650. The van der Waals surface area contributed by atoms with E-state index in [1.807, 2.05) is 36.4 Å². The van der Waals surface area contributed by atoms with Crippen LogP contribution in [0.15, 0.2) is 42.6 Å². The van der Waals surface area contributed by atoms with Gasteiger partial charge in [0, 0.05) is 22.5 Å². The Kier molecular flexibility index (Phi) is 3.42. The van der Waals surface area contributed by atoms with Gasteiger partial charge in [-0.2, -0.15) is 5.10 Å². The third kappa shape index (κ3) is 2.28. The van der Waals surface area contributed by atoms with Gasteiger partial charge in [0.15, 0.2) is 5.82 Å². The minimum Gasteiger partial charge on any atom is -0.497 e. The average molecular weight is 319 g/mol. The number of anilines is 2. The van der Waals surface area contributed by atoms with E-state index in [1.165, 1.54) is 0 Å². The summed E-state index contributed by atoms with van der Waals surface area (Å²) >= 11 is 0. The summed E-state index contributed by atoms with van der Waals surface area (Å²) in [6.45, 7) is 0. The highest BCUT2D eigenvalue weighted by Crippen LogP contribution is 2.36. The van der Waals surface area contributed by atoms with Crippen molar-refractivity contribution in [1.29, 1.82) is 0 Å². The lowest BCUT2D eigenvalue weighted by Crippen LogP contribution is -1.98. The van der Waals surface area contributed by atoms with E-state index >= 15 is 0 Å². The van der Waals surface area contributed by atoms with Crippen LogP contribution in [0.5, 0.6) is 11.5 Å². The minimum atomic E-state index is 0.650. The summed E-state index contributed by atoms with van der Waals surface area (Å²) in [5.74, 6) is 2.05. The lowest BCUT2D eigenvalue weighted by atomic mass is 10.1. The van der Waals surface area contributed by atoms with Gasteiger partial charge in [-0.15, -0.1) is 0 Å². The first-order chi connectivity index (χ1) is 11.8. The molecule has 0 saturated heterocycles. The second-order valence-electron chi connectivity index (χ2n) is 5.26. The highest BCUT2D eigenvalue weighted by molar-refractivity contribution is 6.10. The standard InChI is InChI=1S/C18H15N4O2/c1-23-12-8-13-14-10-19-22-17(14)18(20-11-6-4-3-5-7-11)21-16(13)15(9-12)24-2/h4-10H,1-2H3,(H,19,22)(H,20,21). The molecule has 4 rings (SSSR count). The zero-order valence-electron chi connectivity index (χ0n) is 13.3. The molecule has 0 unspecified atom stereocenters. The number of nitrogens with zero attached hydrogens (tertiary/aromatic N) is 2. The van der Waals surface area contributed by atoms with Crippen molar-refractivity contribution in [2.45, 2.75) is 0 Å². The molecule has 0 fully saturated rings. The molecule has 6 heteroatoms. The molecule has 2 aromatic heterocycles. The number of nitrogens with one attached hydrogen (secondary N) is 2. The summed E-state index contributed by atoms with van der Waals surface area (Å²) in [7, 11) is 3.25. The van der Waals surface area contributed by atoms with Crippen molar-refractivity contribution in [3.63, 3.8) is 0 Å². The maximum absolute atomic E-state index is 5.49. The van der Waals surface area contributed by atoms with E-state index in [0.29, 0.717) is 17.3 Å². The zero-order valence-corrected chi connectivity index (χ0v) is 13.3. The first-order valence-electron chi connectivity index (χ1n) is 7.42. The maximum Gasteiger partial charge on any atom is 0.157 e. The third-order valence-corrected chi connectivity index (χ3v) is 3.87. The molecule has 0 aliphatic heterocycles. The van der Waals surface area contributed by atoms with Crippen LogP contribution in [0.25, 0.3) is 21.8 Å². The Morgan fingerprint density at radius 3 is 2.67 bits per heavy atom. The summed E-state index contributed by atoms with van der Waals surface area (Å²) in [5, 5.41) is 12.4. The number of hydrogen-bond acceptors (Lipinski definition) is 5. The number of ether oxygens (including phenoxy) is 2. The molecular formula is C18H15N4O2. The molecule has 0 aliphatic carbocycles. The number of aromatic amines is 1. The fourth-order valence-corrected chi connectivity index (χ4v) is 2.71. The summed E-state index contributed by atoms with van der Waals surface area (Å²) in [5.41, 5.74) is 2.49. The van der Waals surface area contributed by atoms with Crippen LogP contribution in [0.4, 0.5) is 11.5 Å². The monoisotopic (exact) mass is 319 g/mol. The largest absolute Gasteiger partial charge is 0.497 e. The van der Waals surface area contributed by atoms with E-state index < -0.39 is 0 Å². The Hall–Kier alpha value is -3.28. The molecule has 0 bridgehead atoms. The van der Waals surface area contributed by atoms with Gasteiger partial charge in [0.05, 0.1) is 20.4 Å². The fraction of sp³-hybridized carbons (Fsp3) is 0.111. The second kappa shape index (κ2) is 5.73. The summed E-state index contributed by atoms with van der Waals surface area (Å²) in [4.78, 5) is 4.74. The Labute approximate surface area is 138 Å². The highest BCUT2D eigenvalue weighted by atomic mass is 16.5. The van der Waals surface area contributed by atoms with E-state index in [9.17, 15) is 0 Å². The highest BCUT2D eigenvalue weighted by Gasteiger charge is 2.15. The first kappa shape index (κ1) is 14.3. The van der Waals surface area contributed by atoms with Gasteiger partial charge in [-0.1, -0.05) is 12.1 Å². The van der Waals surface area contributed by atoms with Gasteiger partial charge in [0.25, 0.3) is 0 Å². The van der Waals surface area contributed by atoms with E-state index in [4.69, 9.17) is 14.5 Å². The van der Waals surface area contributed by atoms with Gasteiger partial charge in [-0.25, -0.2) is 4.98 Å². The van der Waals surface area contributed by atoms with Crippen LogP contribution in [0, 0.1) is 6.07 Å². The normalized spacial score (nSPS) is 10.9. The van der Waals surface area contributed by atoms with Crippen LogP contribution in [0.2, 0.25) is 0 Å². The molecule has 119 valence electrons. The maximum atomic E-state index is 5.49. The number of hydrogen-bond donors (Lipinski definition) is 2. The number of H-pyrrole nitrogens is 1. The first-order valence-corrected chi connectivity index (χ1v) is 7.42. The molecule has 4 aromatic rings. The van der Waals surface area contributed by atoms with Crippen molar-refractivity contribution in [2.75, 3.05) is 19.5 Å². The van der Waals surface area contributed by atoms with Gasteiger partial charge >= 0.3 is 0 Å². The van der Waals surface area contributed by atoms with Gasteiger partial charge in [0.2, 0.25) is 0 Å². The number of methoxy groups -OCH3 is 2. The van der Waals surface area contributed by atoms with Crippen LogP contribution in [0.1, 0.15) is 0 Å². The fourth-order valence-electron chi connectivity index (χ4n) is 2.71. The number of benzene rings is 2. The lowest BCUT2D eigenvalue weighted by Gasteiger charge is -2.12. The molecular weight excluding hydrogens is 304 g/mol. The zero-order chi connectivity index (χ0) is 16.5. The molecule has 2 aromatic carbocycles. The molecule has 0 amide bonds. The van der Waals surface area contributed by atoms with Crippen LogP contribution in [0.3, 0.4) is 0 Å². The predicted molar refractivity (Wildman–Crippen MR) is 93.1 cm³/mol. The number of pyridine rings is 1. The summed E-state index contributed by atoms with van der Waals surface area (Å²) in [6, 6.07) is 14.3. The number of fused-ring (bicyclic) bond motifs is 3. The predicted octanol–water partition coefficient (Wildman–Crippen LogP) is 3.67. The Morgan fingerprint density at radius 2 is 1.92 bits per heavy atom. The summed E-state index contributed by atoms with van der Waals surface area (Å²) < 4.78 is 10.9. The second-order valence-corrected chi connectivity index (χ2v) is 5.26. The molecule has 2 heterocycles. The van der Waals surface area contributed by atoms with E-state index in [2.05, 4.69) is 21.6 Å². The number of aromatic nitrogens is 3. The smallest absolute Gasteiger partial charge is 0.157 e. The molecule has 0 aliphatic rings. The topological polar surface area (TPSA) is 72.1 Å². The molecule has 0 saturated carbocycles. The van der Waals surface area contributed by atoms with Gasteiger partial charge in [-0.05, 0) is 24.3 Å². The van der Waals surface area contributed by atoms with Crippen LogP contribution < -0.4 is 14.8 Å². The van der Waals surface area contributed by atoms with Crippen molar-refractivity contribution < 1.29 is 9.47 Å². The van der Waals surface area contributed by atoms with Crippen LogP contribution in [-0.4, -0.2) is 29.4 Å². The van der Waals surface area contributed by atoms with Crippen molar-refractivity contribution in [3.05, 3.63) is 48.7 Å². The van der Waals surface area contributed by atoms with Gasteiger partial charge < -0.3 is 14.8 Å². The third-order valence-electron chi connectivity index (χ3n) is 3.87. The Balaban J connectivity index is 1.98. The summed E-state index contributed by atoms with van der Waals surface area (Å²) in [6.07, 6.45) is 1.78. The SMILES string of the molecule is COc1cc(OC)c2nc(Nc3cc[c]cc3)c3[nH]ncc3c2c1. The molecule has 2 N–H and O–H groups in total. The quantitative estimate of drug-likeness (QED) is 0.600.